The Hall–Kier alpha value is -3.05. The number of carbonyl (C=O) groups is 1. The quantitative estimate of drug-likeness (QED) is 0.413. The molecule has 0 aliphatic heterocycles. The summed E-state index contributed by atoms with van der Waals surface area (Å²) in [5.41, 5.74) is 2.75. The molecule has 0 bridgehead atoms. The summed E-state index contributed by atoms with van der Waals surface area (Å²) in [7, 11) is 0. The second kappa shape index (κ2) is 8.97. The number of hydrogen-bond donors (Lipinski definition) is 1. The van der Waals surface area contributed by atoms with E-state index in [9.17, 15) is 9.18 Å². The van der Waals surface area contributed by atoms with Gasteiger partial charge in [-0.25, -0.2) is 4.39 Å². The second-order valence-electron chi connectivity index (χ2n) is 6.74. The molecule has 4 aromatic rings. The Morgan fingerprint density at radius 3 is 2.59 bits per heavy atom. The highest BCUT2D eigenvalue weighted by atomic mass is 32.2. The van der Waals surface area contributed by atoms with Crippen molar-refractivity contribution in [2.75, 3.05) is 6.54 Å². The van der Waals surface area contributed by atoms with Crippen molar-refractivity contribution in [3.63, 3.8) is 0 Å². The summed E-state index contributed by atoms with van der Waals surface area (Å²) in [6.45, 7) is 1.22. The monoisotopic (exact) mass is 404 g/mol. The maximum atomic E-state index is 13.4. The van der Waals surface area contributed by atoms with E-state index in [4.69, 9.17) is 0 Å². The summed E-state index contributed by atoms with van der Waals surface area (Å²) in [4.78, 5) is 13.4. The van der Waals surface area contributed by atoms with Gasteiger partial charge >= 0.3 is 0 Å². The number of thioether (sulfide) groups is 1. The lowest BCUT2D eigenvalue weighted by atomic mass is 10.2. The van der Waals surface area contributed by atoms with Crippen molar-refractivity contribution in [1.82, 2.24) is 9.88 Å². The van der Waals surface area contributed by atoms with Crippen LogP contribution >= 0.6 is 11.8 Å². The number of carbonyl (C=O) groups excluding carboxylic acids is 1. The van der Waals surface area contributed by atoms with Crippen LogP contribution in [0.25, 0.3) is 10.9 Å². The van der Waals surface area contributed by atoms with E-state index in [0.717, 1.165) is 16.0 Å². The number of para-hydroxylation sites is 1. The van der Waals surface area contributed by atoms with Crippen molar-refractivity contribution >= 4 is 28.6 Å². The van der Waals surface area contributed by atoms with E-state index in [-0.39, 0.29) is 11.7 Å². The third-order valence-corrected chi connectivity index (χ3v) is 5.82. The van der Waals surface area contributed by atoms with Crippen molar-refractivity contribution in [3.8, 4) is 0 Å². The summed E-state index contributed by atoms with van der Waals surface area (Å²) in [6.07, 6.45) is 2.11. The minimum absolute atomic E-state index is 0.0669. The number of nitrogens with one attached hydrogen (secondary N) is 1. The van der Waals surface area contributed by atoms with Gasteiger partial charge in [-0.1, -0.05) is 48.5 Å². The van der Waals surface area contributed by atoms with Gasteiger partial charge in [0.1, 0.15) is 5.82 Å². The highest BCUT2D eigenvalue weighted by molar-refractivity contribution is 7.98. The Morgan fingerprint density at radius 1 is 0.966 bits per heavy atom. The molecule has 1 amide bonds. The molecule has 0 unspecified atom stereocenters. The summed E-state index contributed by atoms with van der Waals surface area (Å²) < 4.78 is 15.6. The highest BCUT2D eigenvalue weighted by Gasteiger charge is 2.10. The molecule has 0 saturated heterocycles. The predicted octanol–water partition coefficient (Wildman–Crippen LogP) is 5.50. The van der Waals surface area contributed by atoms with Gasteiger partial charge in [-0.05, 0) is 35.9 Å². The Labute approximate surface area is 173 Å². The number of rotatable bonds is 7. The van der Waals surface area contributed by atoms with Crippen molar-refractivity contribution in [1.29, 1.82) is 0 Å². The molecule has 0 radical (unpaired) electrons. The van der Waals surface area contributed by atoms with Gasteiger partial charge in [0.25, 0.3) is 5.91 Å². The van der Waals surface area contributed by atoms with E-state index >= 15 is 0 Å². The minimum Gasteiger partial charge on any atom is -0.350 e. The lowest BCUT2D eigenvalue weighted by Gasteiger charge is -2.07. The van der Waals surface area contributed by atoms with Gasteiger partial charge < -0.3 is 9.88 Å². The van der Waals surface area contributed by atoms with Crippen LogP contribution in [0.2, 0.25) is 0 Å². The zero-order valence-corrected chi connectivity index (χ0v) is 16.7. The molecular weight excluding hydrogens is 383 g/mol. The molecule has 146 valence electrons. The normalized spacial score (nSPS) is 10.9. The first-order chi connectivity index (χ1) is 14.2. The maximum absolute atomic E-state index is 13.4. The molecule has 0 aliphatic rings. The largest absolute Gasteiger partial charge is 0.350 e. The number of nitrogens with zero attached hydrogens (tertiary/aromatic N) is 1. The number of aromatic nitrogens is 1. The van der Waals surface area contributed by atoms with Crippen LogP contribution < -0.4 is 5.32 Å². The molecule has 3 aromatic carbocycles. The number of fused-ring (bicyclic) bond motifs is 1. The van der Waals surface area contributed by atoms with Gasteiger partial charge in [0, 0.05) is 46.4 Å². The van der Waals surface area contributed by atoms with Crippen LogP contribution in [0.15, 0.2) is 90.0 Å². The van der Waals surface area contributed by atoms with E-state index in [1.807, 2.05) is 48.5 Å². The zero-order valence-electron chi connectivity index (χ0n) is 15.8. The average molecular weight is 405 g/mol. The van der Waals surface area contributed by atoms with E-state index in [1.54, 1.807) is 23.9 Å². The number of hydrogen-bond acceptors (Lipinski definition) is 2. The molecule has 5 heteroatoms. The lowest BCUT2D eigenvalue weighted by Crippen LogP contribution is -2.26. The molecule has 1 heterocycles. The summed E-state index contributed by atoms with van der Waals surface area (Å²) in [6, 6.07) is 24.2. The molecule has 0 saturated carbocycles. The SMILES string of the molecule is O=C(NCCn1cc(SCc2cccc(F)c2)c2ccccc21)c1ccccc1. The Bertz CT molecular complexity index is 1120. The Morgan fingerprint density at radius 2 is 1.76 bits per heavy atom. The first-order valence-electron chi connectivity index (χ1n) is 9.49. The summed E-state index contributed by atoms with van der Waals surface area (Å²) in [5, 5.41) is 4.15. The van der Waals surface area contributed by atoms with Crippen molar-refractivity contribution < 1.29 is 9.18 Å². The van der Waals surface area contributed by atoms with Crippen LogP contribution in [0.5, 0.6) is 0 Å². The van der Waals surface area contributed by atoms with Crippen LogP contribution in [0.3, 0.4) is 0 Å². The van der Waals surface area contributed by atoms with Crippen molar-refractivity contribution in [2.24, 2.45) is 0 Å². The van der Waals surface area contributed by atoms with Crippen LogP contribution in [0.1, 0.15) is 15.9 Å². The van der Waals surface area contributed by atoms with Crippen molar-refractivity contribution in [3.05, 3.63) is 102 Å². The van der Waals surface area contributed by atoms with E-state index in [2.05, 4.69) is 28.2 Å². The average Bonchev–Trinajstić information content (AvgIpc) is 3.11. The van der Waals surface area contributed by atoms with Crippen LogP contribution in [0, 0.1) is 5.82 Å². The van der Waals surface area contributed by atoms with Crippen LogP contribution in [-0.4, -0.2) is 17.0 Å². The van der Waals surface area contributed by atoms with E-state index in [1.165, 1.54) is 11.5 Å². The van der Waals surface area contributed by atoms with Crippen molar-refractivity contribution in [2.45, 2.75) is 17.2 Å². The molecular formula is C24H21FN2OS. The first-order valence-corrected chi connectivity index (χ1v) is 10.5. The molecule has 0 spiro atoms. The van der Waals surface area contributed by atoms with Gasteiger partial charge in [-0.3, -0.25) is 4.79 Å². The zero-order chi connectivity index (χ0) is 20.1. The number of amides is 1. The third-order valence-electron chi connectivity index (χ3n) is 4.71. The molecule has 1 aromatic heterocycles. The van der Waals surface area contributed by atoms with Gasteiger partial charge in [0.05, 0.1) is 0 Å². The lowest BCUT2D eigenvalue weighted by molar-refractivity contribution is 0.0952. The van der Waals surface area contributed by atoms with Gasteiger partial charge in [-0.15, -0.1) is 11.8 Å². The minimum atomic E-state index is -0.209. The molecule has 0 fully saturated rings. The maximum Gasteiger partial charge on any atom is 0.251 e. The molecule has 4 rings (SSSR count). The van der Waals surface area contributed by atoms with E-state index < -0.39 is 0 Å². The fourth-order valence-corrected chi connectivity index (χ4v) is 4.31. The van der Waals surface area contributed by atoms with Gasteiger partial charge in [0.2, 0.25) is 0 Å². The second-order valence-corrected chi connectivity index (χ2v) is 7.76. The highest BCUT2D eigenvalue weighted by Crippen LogP contribution is 2.32. The Kier molecular flexibility index (Phi) is 5.96. The number of halogens is 1. The van der Waals surface area contributed by atoms with E-state index in [0.29, 0.717) is 24.4 Å². The van der Waals surface area contributed by atoms with Crippen LogP contribution in [0.4, 0.5) is 4.39 Å². The standard InChI is InChI=1S/C24H21FN2OS/c25-20-10-6-7-18(15-20)17-29-23-16-27(22-12-5-4-11-21(22)23)14-13-26-24(28)19-8-2-1-3-9-19/h1-12,15-16H,13-14,17H2,(H,26,28). The first kappa shape index (κ1) is 19.3. The molecule has 0 aliphatic carbocycles. The van der Waals surface area contributed by atoms with Crippen LogP contribution in [-0.2, 0) is 12.3 Å². The summed E-state index contributed by atoms with van der Waals surface area (Å²) >= 11 is 1.69. The number of benzene rings is 3. The summed E-state index contributed by atoms with van der Waals surface area (Å²) in [5.74, 6) is 0.429. The molecule has 0 atom stereocenters. The molecule has 1 N–H and O–H groups in total. The smallest absolute Gasteiger partial charge is 0.251 e. The third kappa shape index (κ3) is 4.69. The topological polar surface area (TPSA) is 34.0 Å². The Balaban J connectivity index is 1.45. The van der Waals surface area contributed by atoms with Gasteiger partial charge in [0.15, 0.2) is 0 Å². The fourth-order valence-electron chi connectivity index (χ4n) is 3.28. The predicted molar refractivity (Wildman–Crippen MR) is 117 cm³/mol. The van der Waals surface area contributed by atoms with Gasteiger partial charge in [-0.2, -0.15) is 0 Å². The molecule has 29 heavy (non-hydrogen) atoms. The fraction of sp³-hybridized carbons (Fsp3) is 0.125. The molecule has 3 nitrogen and oxygen atoms in total.